The van der Waals surface area contributed by atoms with Crippen LogP contribution >= 0.6 is 11.3 Å². The first-order chi connectivity index (χ1) is 13.8. The molecule has 2 aliphatic rings. The van der Waals surface area contributed by atoms with Crippen LogP contribution in [0.5, 0.6) is 0 Å². The fourth-order valence-electron chi connectivity index (χ4n) is 4.10. The van der Waals surface area contributed by atoms with Crippen molar-refractivity contribution in [1.82, 2.24) is 25.3 Å². The summed E-state index contributed by atoms with van der Waals surface area (Å²) < 4.78 is 0. The predicted octanol–water partition coefficient (Wildman–Crippen LogP) is 2.08. The van der Waals surface area contributed by atoms with Gasteiger partial charge in [-0.05, 0) is 63.8 Å². The van der Waals surface area contributed by atoms with Gasteiger partial charge in [0.05, 0.1) is 6.04 Å². The summed E-state index contributed by atoms with van der Waals surface area (Å²) in [7, 11) is 4.09. The van der Waals surface area contributed by atoms with Gasteiger partial charge in [-0.1, -0.05) is 6.07 Å². The van der Waals surface area contributed by atoms with Crippen molar-refractivity contribution >= 4 is 17.3 Å². The number of piperazine rings is 1. The van der Waals surface area contributed by atoms with Crippen molar-refractivity contribution in [3.63, 3.8) is 0 Å². The molecule has 1 aromatic rings. The Labute approximate surface area is 175 Å². The molecule has 28 heavy (non-hydrogen) atoms. The number of thiophene rings is 1. The normalized spacial score (nSPS) is 21.1. The number of nitrogens with one attached hydrogen (secondary N) is 2. The number of likely N-dealkylation sites (N-methyl/N-ethyl adjacent to an activating group) is 1. The smallest absolute Gasteiger partial charge is 0.191 e. The van der Waals surface area contributed by atoms with E-state index in [1.807, 2.05) is 18.4 Å². The maximum atomic E-state index is 4.43. The lowest BCUT2D eigenvalue weighted by molar-refractivity contribution is 0.152. The third kappa shape index (κ3) is 6.72. The van der Waals surface area contributed by atoms with Gasteiger partial charge in [0.1, 0.15) is 0 Å². The molecule has 0 amide bonds. The number of guanidine groups is 1. The van der Waals surface area contributed by atoms with E-state index in [-0.39, 0.29) is 0 Å². The summed E-state index contributed by atoms with van der Waals surface area (Å²) >= 11 is 1.87. The molecule has 2 N–H and O–H groups in total. The van der Waals surface area contributed by atoms with Gasteiger partial charge < -0.3 is 20.4 Å². The van der Waals surface area contributed by atoms with E-state index in [9.17, 15) is 0 Å². The van der Waals surface area contributed by atoms with E-state index < -0.39 is 0 Å². The Hall–Kier alpha value is -1.15. The van der Waals surface area contributed by atoms with Gasteiger partial charge >= 0.3 is 0 Å². The summed E-state index contributed by atoms with van der Waals surface area (Å²) in [5, 5.41) is 9.26. The third-order valence-corrected chi connectivity index (χ3v) is 6.90. The SMILES string of the molecule is CN=C(NCCCCN1CCN(C)CC1)NCC(c1cccs1)N1CCCC1. The van der Waals surface area contributed by atoms with Gasteiger partial charge in [-0.15, -0.1) is 11.3 Å². The van der Waals surface area contributed by atoms with Gasteiger partial charge in [0.25, 0.3) is 0 Å². The molecule has 0 spiro atoms. The zero-order valence-corrected chi connectivity index (χ0v) is 18.5. The maximum Gasteiger partial charge on any atom is 0.191 e. The first-order valence-corrected chi connectivity index (χ1v) is 11.8. The van der Waals surface area contributed by atoms with Gasteiger partial charge in [0, 0.05) is 51.2 Å². The molecule has 0 aliphatic carbocycles. The number of nitrogens with zero attached hydrogens (tertiary/aromatic N) is 4. The van der Waals surface area contributed by atoms with Crippen LogP contribution < -0.4 is 10.6 Å². The van der Waals surface area contributed by atoms with E-state index in [0.717, 1.165) is 19.0 Å². The molecule has 7 heteroatoms. The van der Waals surface area contributed by atoms with E-state index in [2.05, 4.69) is 54.9 Å². The zero-order valence-electron chi connectivity index (χ0n) is 17.7. The van der Waals surface area contributed by atoms with Crippen LogP contribution in [0.1, 0.15) is 36.6 Å². The van der Waals surface area contributed by atoms with Gasteiger partial charge in [0.2, 0.25) is 0 Å². The number of unbranched alkanes of at least 4 members (excludes halogenated alkanes) is 1. The second-order valence-electron chi connectivity index (χ2n) is 8.01. The second-order valence-corrected chi connectivity index (χ2v) is 8.99. The van der Waals surface area contributed by atoms with Crippen LogP contribution in [-0.2, 0) is 0 Å². The van der Waals surface area contributed by atoms with Crippen LogP contribution in [-0.4, -0.2) is 93.7 Å². The third-order valence-electron chi connectivity index (χ3n) is 5.93. The Balaban J connectivity index is 1.34. The van der Waals surface area contributed by atoms with Gasteiger partial charge in [-0.3, -0.25) is 9.89 Å². The van der Waals surface area contributed by atoms with Crippen LogP contribution in [0.15, 0.2) is 22.5 Å². The van der Waals surface area contributed by atoms with Crippen molar-refractivity contribution in [3.8, 4) is 0 Å². The highest BCUT2D eigenvalue weighted by molar-refractivity contribution is 7.10. The number of hydrogen-bond acceptors (Lipinski definition) is 5. The Morgan fingerprint density at radius 3 is 2.57 bits per heavy atom. The molecular formula is C21H38N6S. The summed E-state index contributed by atoms with van der Waals surface area (Å²) in [4.78, 5) is 13.5. The fraction of sp³-hybridized carbons (Fsp3) is 0.762. The van der Waals surface area contributed by atoms with Crippen molar-refractivity contribution in [1.29, 1.82) is 0 Å². The predicted molar refractivity (Wildman–Crippen MR) is 120 cm³/mol. The lowest BCUT2D eigenvalue weighted by Gasteiger charge is -2.32. The van der Waals surface area contributed by atoms with Gasteiger partial charge in [-0.25, -0.2) is 0 Å². The van der Waals surface area contributed by atoms with E-state index in [1.165, 1.54) is 76.4 Å². The molecular weight excluding hydrogens is 368 g/mol. The van der Waals surface area contributed by atoms with Crippen LogP contribution in [0.4, 0.5) is 0 Å². The summed E-state index contributed by atoms with van der Waals surface area (Å²) in [6.45, 7) is 10.4. The highest BCUT2D eigenvalue weighted by atomic mass is 32.1. The van der Waals surface area contributed by atoms with Crippen LogP contribution in [0.2, 0.25) is 0 Å². The first-order valence-electron chi connectivity index (χ1n) is 10.9. The number of rotatable bonds is 9. The van der Waals surface area contributed by atoms with Gasteiger partial charge in [0.15, 0.2) is 5.96 Å². The Morgan fingerprint density at radius 2 is 1.89 bits per heavy atom. The molecule has 1 unspecified atom stereocenters. The maximum absolute atomic E-state index is 4.43. The lowest BCUT2D eigenvalue weighted by Crippen LogP contribution is -2.45. The number of aliphatic imine (C=N–C) groups is 1. The monoisotopic (exact) mass is 406 g/mol. The topological polar surface area (TPSA) is 46.1 Å². The van der Waals surface area contributed by atoms with Crippen molar-refractivity contribution in [3.05, 3.63) is 22.4 Å². The largest absolute Gasteiger partial charge is 0.356 e. The molecule has 2 saturated heterocycles. The van der Waals surface area contributed by atoms with Crippen molar-refractivity contribution in [2.45, 2.75) is 31.7 Å². The van der Waals surface area contributed by atoms with E-state index >= 15 is 0 Å². The molecule has 0 aromatic carbocycles. The molecule has 0 radical (unpaired) electrons. The molecule has 2 aliphatic heterocycles. The Bertz CT molecular complexity index is 561. The number of likely N-dealkylation sites (tertiary alicyclic amines) is 1. The second kappa shape index (κ2) is 11.8. The number of hydrogen-bond donors (Lipinski definition) is 2. The molecule has 3 heterocycles. The molecule has 0 saturated carbocycles. The highest BCUT2D eigenvalue weighted by Gasteiger charge is 2.24. The highest BCUT2D eigenvalue weighted by Crippen LogP contribution is 2.27. The molecule has 2 fully saturated rings. The van der Waals surface area contributed by atoms with Crippen molar-refractivity contribution < 1.29 is 0 Å². The summed E-state index contributed by atoms with van der Waals surface area (Å²) in [5.74, 6) is 0.931. The minimum Gasteiger partial charge on any atom is -0.356 e. The minimum atomic E-state index is 0.457. The van der Waals surface area contributed by atoms with Crippen molar-refractivity contribution in [2.24, 2.45) is 4.99 Å². The summed E-state index contributed by atoms with van der Waals surface area (Å²) in [6, 6.07) is 4.89. The van der Waals surface area contributed by atoms with Crippen LogP contribution in [0.3, 0.4) is 0 Å². The van der Waals surface area contributed by atoms with Crippen LogP contribution in [0.25, 0.3) is 0 Å². The average Bonchev–Trinajstić information content (AvgIpc) is 3.42. The Kier molecular flexibility index (Phi) is 9.05. The standard InChI is InChI=1S/C21H38N6S/c1-22-21(23-9-3-4-10-26-15-13-25(2)14-16-26)24-18-19(20-8-7-17-28-20)27-11-5-6-12-27/h7-8,17,19H,3-6,9-16,18H2,1-2H3,(H2,22,23,24). The van der Waals surface area contributed by atoms with Gasteiger partial charge in [-0.2, -0.15) is 0 Å². The Morgan fingerprint density at radius 1 is 1.11 bits per heavy atom. The summed E-state index contributed by atoms with van der Waals surface area (Å²) in [6.07, 6.45) is 5.08. The summed E-state index contributed by atoms with van der Waals surface area (Å²) in [5.41, 5.74) is 0. The van der Waals surface area contributed by atoms with E-state index in [1.54, 1.807) is 0 Å². The van der Waals surface area contributed by atoms with Crippen LogP contribution in [0, 0.1) is 0 Å². The zero-order chi connectivity index (χ0) is 19.6. The minimum absolute atomic E-state index is 0.457. The lowest BCUT2D eigenvalue weighted by atomic mass is 10.2. The molecule has 158 valence electrons. The van der Waals surface area contributed by atoms with E-state index in [4.69, 9.17) is 0 Å². The molecule has 1 aromatic heterocycles. The molecule has 0 bridgehead atoms. The molecule has 3 rings (SSSR count). The fourth-order valence-corrected chi connectivity index (χ4v) is 4.96. The first kappa shape index (κ1) is 21.6. The van der Waals surface area contributed by atoms with Crippen molar-refractivity contribution in [2.75, 3.05) is 73.0 Å². The quantitative estimate of drug-likeness (QED) is 0.374. The molecule has 6 nitrogen and oxygen atoms in total. The van der Waals surface area contributed by atoms with E-state index in [0.29, 0.717) is 6.04 Å². The molecule has 1 atom stereocenters. The average molecular weight is 407 g/mol.